The van der Waals surface area contributed by atoms with Crippen LogP contribution in [-0.4, -0.2) is 31.1 Å². The molecule has 0 aromatic heterocycles. The van der Waals surface area contributed by atoms with E-state index in [4.69, 9.17) is 4.74 Å². The van der Waals surface area contributed by atoms with E-state index in [1.54, 1.807) is 11.1 Å². The van der Waals surface area contributed by atoms with Crippen LogP contribution in [0.2, 0.25) is 0 Å². The van der Waals surface area contributed by atoms with Gasteiger partial charge in [0.25, 0.3) is 0 Å². The van der Waals surface area contributed by atoms with E-state index in [1.807, 2.05) is 7.11 Å². The third kappa shape index (κ3) is 2.17. The Morgan fingerprint density at radius 2 is 2.09 bits per heavy atom. The summed E-state index contributed by atoms with van der Waals surface area (Å²) in [6.45, 7) is 2.71. The fourth-order valence-electron chi connectivity index (χ4n) is 6.05. The van der Waals surface area contributed by atoms with Crippen LogP contribution in [0.5, 0.6) is 5.75 Å². The van der Waals surface area contributed by atoms with Gasteiger partial charge in [-0.2, -0.15) is 0 Å². The molecule has 2 bridgehead atoms. The minimum Gasteiger partial charge on any atom is -0.497 e. The Morgan fingerprint density at radius 1 is 1.17 bits per heavy atom. The van der Waals surface area contributed by atoms with Crippen LogP contribution in [0, 0.1) is 11.8 Å². The fourth-order valence-corrected chi connectivity index (χ4v) is 6.05. The van der Waals surface area contributed by atoms with Gasteiger partial charge in [0.1, 0.15) is 5.75 Å². The van der Waals surface area contributed by atoms with Crippen molar-refractivity contribution >= 4 is 0 Å². The third-order valence-corrected chi connectivity index (χ3v) is 7.35. The maximum absolute atomic E-state index is 5.57. The number of rotatable bonds is 3. The summed E-state index contributed by atoms with van der Waals surface area (Å²) in [5, 5.41) is 0. The second-order valence-corrected chi connectivity index (χ2v) is 8.49. The van der Waals surface area contributed by atoms with Gasteiger partial charge in [-0.05, 0) is 80.2 Å². The molecule has 2 saturated carbocycles. The average molecular weight is 311 g/mol. The molecule has 0 unspecified atom stereocenters. The van der Waals surface area contributed by atoms with Crippen LogP contribution in [0.4, 0.5) is 0 Å². The first-order valence-electron chi connectivity index (χ1n) is 9.71. The molecule has 4 aliphatic rings. The highest BCUT2D eigenvalue weighted by molar-refractivity contribution is 5.45. The largest absolute Gasteiger partial charge is 0.497 e. The van der Waals surface area contributed by atoms with Crippen LogP contribution < -0.4 is 4.74 Å². The normalized spacial score (nSPS) is 36.2. The zero-order chi connectivity index (χ0) is 15.4. The number of ether oxygens (including phenoxy) is 1. The topological polar surface area (TPSA) is 12.5 Å². The lowest BCUT2D eigenvalue weighted by Gasteiger charge is -2.59. The van der Waals surface area contributed by atoms with Gasteiger partial charge in [0.05, 0.1) is 7.11 Å². The highest BCUT2D eigenvalue weighted by atomic mass is 16.5. The number of nitrogens with zero attached hydrogens (tertiary/aromatic N) is 1. The zero-order valence-electron chi connectivity index (χ0n) is 14.4. The monoisotopic (exact) mass is 311 g/mol. The van der Waals surface area contributed by atoms with E-state index in [0.717, 1.165) is 23.6 Å². The van der Waals surface area contributed by atoms with E-state index in [0.29, 0.717) is 5.41 Å². The number of likely N-dealkylation sites (tertiary alicyclic amines) is 1. The average Bonchev–Trinajstić information content (AvgIpc) is 3.41. The standard InChI is InChI=1S/C21H29NO/c1-23-17-8-7-16-12-20-18-4-2-3-9-21(18,19(16)13-17)10-11-22(20)14-15-5-6-15/h7-8,13,15,18,20H,2-6,9-12,14H2,1H3/t18-,20-,21+/m1/s1. The molecular formula is C21H29NO. The van der Waals surface area contributed by atoms with Gasteiger partial charge < -0.3 is 4.74 Å². The summed E-state index contributed by atoms with van der Waals surface area (Å²) in [5.41, 5.74) is 3.74. The predicted molar refractivity (Wildman–Crippen MR) is 93.0 cm³/mol. The molecule has 1 aromatic rings. The molecule has 5 rings (SSSR count). The van der Waals surface area contributed by atoms with Gasteiger partial charge in [0.2, 0.25) is 0 Å². The molecule has 1 heterocycles. The van der Waals surface area contributed by atoms with Crippen molar-refractivity contribution in [3.05, 3.63) is 29.3 Å². The van der Waals surface area contributed by atoms with Gasteiger partial charge in [0.15, 0.2) is 0 Å². The lowest BCUT2D eigenvalue weighted by atomic mass is 9.52. The van der Waals surface area contributed by atoms with Gasteiger partial charge in [-0.1, -0.05) is 18.9 Å². The molecule has 0 radical (unpaired) electrons. The molecule has 1 saturated heterocycles. The maximum atomic E-state index is 5.57. The molecule has 0 spiro atoms. The molecule has 124 valence electrons. The van der Waals surface area contributed by atoms with Gasteiger partial charge in [0, 0.05) is 18.0 Å². The van der Waals surface area contributed by atoms with E-state index in [2.05, 4.69) is 23.1 Å². The molecule has 2 heteroatoms. The minimum atomic E-state index is 0.463. The highest BCUT2D eigenvalue weighted by Gasteiger charge is 2.54. The number of hydrogen-bond acceptors (Lipinski definition) is 2. The third-order valence-electron chi connectivity index (χ3n) is 7.35. The SMILES string of the molecule is COc1ccc2c(c1)[C@]13CCCC[C@@H]1[C@@H](C2)N(CC1CC1)CC3. The van der Waals surface area contributed by atoms with E-state index < -0.39 is 0 Å². The molecule has 3 aliphatic carbocycles. The summed E-state index contributed by atoms with van der Waals surface area (Å²) in [6.07, 6.45) is 11.3. The molecular weight excluding hydrogens is 282 g/mol. The van der Waals surface area contributed by atoms with Crippen molar-refractivity contribution in [2.24, 2.45) is 11.8 Å². The van der Waals surface area contributed by atoms with Crippen molar-refractivity contribution in [3.8, 4) is 5.75 Å². The van der Waals surface area contributed by atoms with Crippen LogP contribution in [-0.2, 0) is 11.8 Å². The Morgan fingerprint density at radius 3 is 2.91 bits per heavy atom. The lowest BCUT2D eigenvalue weighted by Crippen LogP contribution is -2.61. The van der Waals surface area contributed by atoms with Gasteiger partial charge >= 0.3 is 0 Å². The molecule has 1 aromatic carbocycles. The maximum Gasteiger partial charge on any atom is 0.119 e. The Labute approximate surface area is 140 Å². The number of benzene rings is 1. The predicted octanol–water partition coefficient (Wildman–Crippen LogP) is 4.16. The number of methoxy groups -OCH3 is 1. The zero-order valence-corrected chi connectivity index (χ0v) is 14.4. The molecule has 23 heavy (non-hydrogen) atoms. The Balaban J connectivity index is 1.57. The fraction of sp³-hybridized carbons (Fsp3) is 0.714. The van der Waals surface area contributed by atoms with E-state index >= 15 is 0 Å². The first kappa shape index (κ1) is 14.3. The van der Waals surface area contributed by atoms with Gasteiger partial charge in [-0.25, -0.2) is 0 Å². The summed E-state index contributed by atoms with van der Waals surface area (Å²) in [4.78, 5) is 2.89. The molecule has 0 amide bonds. The first-order chi connectivity index (χ1) is 11.3. The second-order valence-electron chi connectivity index (χ2n) is 8.49. The van der Waals surface area contributed by atoms with Crippen molar-refractivity contribution in [1.82, 2.24) is 4.90 Å². The second kappa shape index (κ2) is 5.24. The van der Waals surface area contributed by atoms with E-state index in [1.165, 1.54) is 64.5 Å². The number of fused-ring (bicyclic) bond motifs is 1. The summed E-state index contributed by atoms with van der Waals surface area (Å²) < 4.78 is 5.57. The van der Waals surface area contributed by atoms with Crippen LogP contribution >= 0.6 is 0 Å². The van der Waals surface area contributed by atoms with Crippen molar-refractivity contribution in [2.45, 2.75) is 62.8 Å². The molecule has 3 atom stereocenters. The van der Waals surface area contributed by atoms with Crippen molar-refractivity contribution in [1.29, 1.82) is 0 Å². The van der Waals surface area contributed by atoms with Crippen LogP contribution in [0.15, 0.2) is 18.2 Å². The smallest absolute Gasteiger partial charge is 0.119 e. The lowest BCUT2D eigenvalue weighted by molar-refractivity contribution is -0.0134. The van der Waals surface area contributed by atoms with Crippen molar-refractivity contribution < 1.29 is 4.74 Å². The summed E-state index contributed by atoms with van der Waals surface area (Å²) in [5.74, 6) is 2.97. The molecule has 3 fully saturated rings. The minimum absolute atomic E-state index is 0.463. The van der Waals surface area contributed by atoms with Crippen LogP contribution in [0.1, 0.15) is 56.1 Å². The van der Waals surface area contributed by atoms with Crippen LogP contribution in [0.3, 0.4) is 0 Å². The number of piperidine rings is 1. The summed E-state index contributed by atoms with van der Waals surface area (Å²) in [6, 6.07) is 7.75. The highest BCUT2D eigenvalue weighted by Crippen LogP contribution is 2.56. The summed E-state index contributed by atoms with van der Waals surface area (Å²) in [7, 11) is 1.81. The van der Waals surface area contributed by atoms with E-state index in [9.17, 15) is 0 Å². The number of hydrogen-bond donors (Lipinski definition) is 0. The van der Waals surface area contributed by atoms with Crippen LogP contribution in [0.25, 0.3) is 0 Å². The van der Waals surface area contributed by atoms with Gasteiger partial charge in [-0.3, -0.25) is 4.90 Å². The molecule has 2 nitrogen and oxygen atoms in total. The van der Waals surface area contributed by atoms with Gasteiger partial charge in [-0.15, -0.1) is 0 Å². The molecule has 0 N–H and O–H groups in total. The quantitative estimate of drug-likeness (QED) is 0.831. The Hall–Kier alpha value is -1.02. The van der Waals surface area contributed by atoms with Crippen molar-refractivity contribution in [2.75, 3.05) is 20.2 Å². The molecule has 1 aliphatic heterocycles. The first-order valence-corrected chi connectivity index (χ1v) is 9.71. The Kier molecular flexibility index (Phi) is 3.27. The van der Waals surface area contributed by atoms with E-state index in [-0.39, 0.29) is 0 Å². The van der Waals surface area contributed by atoms with Crippen molar-refractivity contribution in [3.63, 3.8) is 0 Å². The Bertz CT molecular complexity index is 608. The summed E-state index contributed by atoms with van der Waals surface area (Å²) >= 11 is 0.